The Morgan fingerprint density at radius 1 is 1.30 bits per heavy atom. The molecule has 0 saturated carbocycles. The van der Waals surface area contributed by atoms with Gasteiger partial charge in [-0.15, -0.1) is 0 Å². The number of hydrogen-bond donors (Lipinski definition) is 1. The summed E-state index contributed by atoms with van der Waals surface area (Å²) in [6.07, 6.45) is 2.57. The molecule has 2 N–H and O–H groups in total. The summed E-state index contributed by atoms with van der Waals surface area (Å²) >= 11 is 0. The number of rotatable bonds is 5. The molecule has 1 heterocycles. The van der Waals surface area contributed by atoms with Crippen molar-refractivity contribution in [3.05, 3.63) is 0 Å². The monoisotopic (exact) mass is 283 g/mol. The van der Waals surface area contributed by atoms with Crippen molar-refractivity contribution < 1.29 is 9.59 Å². The Labute approximate surface area is 122 Å². The average molecular weight is 283 g/mol. The first kappa shape index (κ1) is 17.0. The highest BCUT2D eigenvalue weighted by molar-refractivity contribution is 5.82. The van der Waals surface area contributed by atoms with Gasteiger partial charge >= 0.3 is 0 Å². The molecule has 5 heteroatoms. The van der Waals surface area contributed by atoms with Gasteiger partial charge in [0.2, 0.25) is 11.8 Å². The fourth-order valence-corrected chi connectivity index (χ4v) is 2.50. The highest BCUT2D eigenvalue weighted by atomic mass is 16.2. The van der Waals surface area contributed by atoms with Gasteiger partial charge in [-0.05, 0) is 19.3 Å². The van der Waals surface area contributed by atoms with Crippen LogP contribution in [-0.2, 0) is 9.59 Å². The van der Waals surface area contributed by atoms with E-state index in [9.17, 15) is 9.59 Å². The van der Waals surface area contributed by atoms with Gasteiger partial charge in [-0.25, -0.2) is 0 Å². The molecule has 5 nitrogen and oxygen atoms in total. The molecule has 2 amide bonds. The smallest absolute Gasteiger partial charge is 0.239 e. The maximum absolute atomic E-state index is 12.2. The van der Waals surface area contributed by atoms with Crippen LogP contribution in [0.5, 0.6) is 0 Å². The van der Waals surface area contributed by atoms with Gasteiger partial charge in [0.1, 0.15) is 0 Å². The zero-order valence-corrected chi connectivity index (χ0v) is 13.3. The van der Waals surface area contributed by atoms with Crippen molar-refractivity contribution in [3.8, 4) is 0 Å². The standard InChI is InChI=1S/C15H29N3O2/c1-5-6-7-13(19)18-9-8-17(10-12(18)4)15(20)14(16)11(2)3/h11-12,14H,5-10,16H2,1-4H3/t12-,14+/m0/s1. The number of piperazine rings is 1. The number of carbonyl (C=O) groups is 2. The summed E-state index contributed by atoms with van der Waals surface area (Å²) in [5.74, 6) is 0.356. The van der Waals surface area contributed by atoms with Crippen molar-refractivity contribution in [2.45, 2.75) is 59.0 Å². The van der Waals surface area contributed by atoms with Crippen molar-refractivity contribution in [2.75, 3.05) is 19.6 Å². The lowest BCUT2D eigenvalue weighted by Gasteiger charge is -2.41. The van der Waals surface area contributed by atoms with E-state index in [4.69, 9.17) is 5.73 Å². The lowest BCUT2D eigenvalue weighted by molar-refractivity contribution is -0.143. The number of nitrogens with two attached hydrogens (primary N) is 1. The fraction of sp³-hybridized carbons (Fsp3) is 0.867. The summed E-state index contributed by atoms with van der Waals surface area (Å²) in [5.41, 5.74) is 5.92. The Morgan fingerprint density at radius 2 is 1.95 bits per heavy atom. The molecule has 0 aliphatic carbocycles. The average Bonchev–Trinajstić information content (AvgIpc) is 2.42. The Kier molecular flexibility index (Phi) is 6.46. The topological polar surface area (TPSA) is 66.6 Å². The Hall–Kier alpha value is -1.10. The van der Waals surface area contributed by atoms with Crippen LogP contribution < -0.4 is 5.73 Å². The Morgan fingerprint density at radius 3 is 2.45 bits per heavy atom. The van der Waals surface area contributed by atoms with Crippen molar-refractivity contribution >= 4 is 11.8 Å². The van der Waals surface area contributed by atoms with Crippen LogP contribution in [0.1, 0.15) is 47.0 Å². The lowest BCUT2D eigenvalue weighted by atomic mass is 10.0. The zero-order valence-electron chi connectivity index (χ0n) is 13.3. The fourth-order valence-electron chi connectivity index (χ4n) is 2.50. The minimum Gasteiger partial charge on any atom is -0.338 e. The van der Waals surface area contributed by atoms with E-state index in [1.165, 1.54) is 0 Å². The maximum Gasteiger partial charge on any atom is 0.239 e. The van der Waals surface area contributed by atoms with Crippen molar-refractivity contribution in [2.24, 2.45) is 11.7 Å². The highest BCUT2D eigenvalue weighted by Crippen LogP contribution is 2.14. The summed E-state index contributed by atoms with van der Waals surface area (Å²) in [7, 11) is 0. The molecule has 0 aromatic carbocycles. The first-order chi connectivity index (χ1) is 9.38. The molecule has 1 rings (SSSR count). The van der Waals surface area contributed by atoms with Crippen LogP contribution in [0.2, 0.25) is 0 Å². The summed E-state index contributed by atoms with van der Waals surface area (Å²) < 4.78 is 0. The van der Waals surface area contributed by atoms with E-state index in [2.05, 4.69) is 6.92 Å². The molecule has 0 spiro atoms. The summed E-state index contributed by atoms with van der Waals surface area (Å²) in [6, 6.07) is -0.360. The second kappa shape index (κ2) is 7.62. The first-order valence-electron chi connectivity index (χ1n) is 7.72. The van der Waals surface area contributed by atoms with Gasteiger partial charge in [-0.1, -0.05) is 27.2 Å². The molecule has 0 aromatic rings. The third-order valence-corrected chi connectivity index (χ3v) is 4.01. The van der Waals surface area contributed by atoms with E-state index < -0.39 is 6.04 Å². The summed E-state index contributed by atoms with van der Waals surface area (Å²) in [5, 5.41) is 0. The predicted octanol–water partition coefficient (Wildman–Crippen LogP) is 1.22. The van der Waals surface area contributed by atoms with Crippen LogP contribution >= 0.6 is 0 Å². The molecular weight excluding hydrogens is 254 g/mol. The van der Waals surface area contributed by atoms with Crippen molar-refractivity contribution in [1.29, 1.82) is 0 Å². The number of nitrogens with zero attached hydrogens (tertiary/aromatic N) is 2. The second-order valence-corrected chi connectivity index (χ2v) is 6.09. The summed E-state index contributed by atoms with van der Waals surface area (Å²) in [4.78, 5) is 28.0. The van der Waals surface area contributed by atoms with Gasteiger partial charge in [-0.3, -0.25) is 9.59 Å². The van der Waals surface area contributed by atoms with E-state index in [1.807, 2.05) is 25.7 Å². The Bertz CT molecular complexity index is 344. The van der Waals surface area contributed by atoms with Gasteiger partial charge in [0.25, 0.3) is 0 Å². The third kappa shape index (κ3) is 4.20. The molecule has 0 bridgehead atoms. The molecule has 20 heavy (non-hydrogen) atoms. The van der Waals surface area contributed by atoms with Gasteiger partial charge in [0, 0.05) is 32.1 Å². The SMILES string of the molecule is CCCCC(=O)N1CCN(C(=O)[C@H](N)C(C)C)C[C@@H]1C. The number of hydrogen-bond acceptors (Lipinski definition) is 3. The van der Waals surface area contributed by atoms with E-state index in [-0.39, 0.29) is 23.8 Å². The normalized spacial score (nSPS) is 21.2. The van der Waals surface area contributed by atoms with Gasteiger partial charge in [0.15, 0.2) is 0 Å². The van der Waals surface area contributed by atoms with Gasteiger partial charge in [-0.2, -0.15) is 0 Å². The number of carbonyl (C=O) groups excluding carboxylic acids is 2. The molecule has 0 aromatic heterocycles. The van der Waals surface area contributed by atoms with E-state index >= 15 is 0 Å². The van der Waals surface area contributed by atoms with Crippen LogP contribution in [0.4, 0.5) is 0 Å². The molecule has 1 aliphatic rings. The van der Waals surface area contributed by atoms with Crippen LogP contribution in [0.15, 0.2) is 0 Å². The molecule has 0 radical (unpaired) electrons. The van der Waals surface area contributed by atoms with E-state index in [1.54, 1.807) is 4.90 Å². The van der Waals surface area contributed by atoms with Crippen LogP contribution in [0.3, 0.4) is 0 Å². The number of amides is 2. The van der Waals surface area contributed by atoms with Gasteiger partial charge < -0.3 is 15.5 Å². The molecule has 1 saturated heterocycles. The molecular formula is C15H29N3O2. The van der Waals surface area contributed by atoms with Crippen molar-refractivity contribution in [3.63, 3.8) is 0 Å². The van der Waals surface area contributed by atoms with E-state index in [0.717, 1.165) is 12.8 Å². The quantitative estimate of drug-likeness (QED) is 0.825. The van der Waals surface area contributed by atoms with Crippen LogP contribution in [0.25, 0.3) is 0 Å². The lowest BCUT2D eigenvalue weighted by Crippen LogP contribution is -2.58. The van der Waals surface area contributed by atoms with Gasteiger partial charge in [0.05, 0.1) is 6.04 Å². The molecule has 2 atom stereocenters. The minimum absolute atomic E-state index is 0.00695. The molecule has 1 fully saturated rings. The minimum atomic E-state index is -0.440. The maximum atomic E-state index is 12.2. The summed E-state index contributed by atoms with van der Waals surface area (Å²) in [6.45, 7) is 9.82. The third-order valence-electron chi connectivity index (χ3n) is 4.01. The van der Waals surface area contributed by atoms with Crippen molar-refractivity contribution in [1.82, 2.24) is 9.80 Å². The molecule has 116 valence electrons. The second-order valence-electron chi connectivity index (χ2n) is 6.09. The Balaban J connectivity index is 2.54. The molecule has 0 unspecified atom stereocenters. The highest BCUT2D eigenvalue weighted by Gasteiger charge is 2.31. The van der Waals surface area contributed by atoms with E-state index in [0.29, 0.717) is 26.1 Å². The first-order valence-corrected chi connectivity index (χ1v) is 7.72. The van der Waals surface area contributed by atoms with Crippen LogP contribution in [-0.4, -0.2) is 53.3 Å². The number of unbranched alkanes of at least 4 members (excludes halogenated alkanes) is 1. The largest absolute Gasteiger partial charge is 0.338 e. The predicted molar refractivity (Wildman–Crippen MR) is 80.1 cm³/mol. The zero-order chi connectivity index (χ0) is 15.3. The molecule has 1 aliphatic heterocycles. The van der Waals surface area contributed by atoms with Crippen LogP contribution in [0, 0.1) is 5.92 Å².